The van der Waals surface area contributed by atoms with Crippen LogP contribution in [0, 0.1) is 5.92 Å². The Hall–Kier alpha value is -0.170. The van der Waals surface area contributed by atoms with E-state index in [4.69, 9.17) is 5.11 Å². The summed E-state index contributed by atoms with van der Waals surface area (Å²) in [4.78, 5) is 0. The topological polar surface area (TPSA) is 60.9 Å². The normalized spacial score (nSPS) is 24.7. The van der Waals surface area contributed by atoms with E-state index in [0.717, 1.165) is 6.42 Å². The third-order valence-corrected chi connectivity index (χ3v) is 4.48. The maximum absolute atomic E-state index is 11.7. The van der Waals surface area contributed by atoms with Gasteiger partial charge in [0.25, 0.3) is 10.2 Å². The van der Waals surface area contributed by atoms with Gasteiger partial charge in [-0.2, -0.15) is 17.0 Å². The Kier molecular flexibility index (Phi) is 3.88. The van der Waals surface area contributed by atoms with Gasteiger partial charge in [-0.1, -0.05) is 0 Å². The van der Waals surface area contributed by atoms with Crippen molar-refractivity contribution in [2.75, 3.05) is 33.8 Å². The lowest BCUT2D eigenvalue weighted by atomic mass is 10.1. The van der Waals surface area contributed by atoms with Gasteiger partial charge in [-0.05, 0) is 18.8 Å². The first-order valence-corrected chi connectivity index (χ1v) is 6.16. The second-order valence-corrected chi connectivity index (χ2v) is 5.96. The number of aliphatic hydroxyl groups excluding tert-OH is 1. The monoisotopic (exact) mass is 222 g/mol. The Balaban J connectivity index is 2.58. The van der Waals surface area contributed by atoms with Crippen LogP contribution >= 0.6 is 0 Å². The molecule has 6 heteroatoms. The number of nitrogens with zero attached hydrogens (tertiary/aromatic N) is 2. The van der Waals surface area contributed by atoms with Gasteiger partial charge in [-0.3, -0.25) is 0 Å². The van der Waals surface area contributed by atoms with Crippen molar-refractivity contribution in [3.05, 3.63) is 0 Å². The van der Waals surface area contributed by atoms with Crippen molar-refractivity contribution in [2.24, 2.45) is 5.92 Å². The van der Waals surface area contributed by atoms with Crippen molar-refractivity contribution in [3.63, 3.8) is 0 Å². The molecule has 1 heterocycles. The van der Waals surface area contributed by atoms with Crippen molar-refractivity contribution in [1.29, 1.82) is 0 Å². The summed E-state index contributed by atoms with van der Waals surface area (Å²) in [6.07, 6.45) is 1.55. The molecule has 1 aliphatic heterocycles. The van der Waals surface area contributed by atoms with Crippen molar-refractivity contribution < 1.29 is 13.5 Å². The van der Waals surface area contributed by atoms with Crippen LogP contribution in [0.25, 0.3) is 0 Å². The van der Waals surface area contributed by atoms with Gasteiger partial charge in [0.15, 0.2) is 0 Å². The Bertz CT molecular complexity index is 276. The number of hydrogen-bond acceptors (Lipinski definition) is 3. The fraction of sp³-hybridized carbons (Fsp3) is 1.00. The van der Waals surface area contributed by atoms with Gasteiger partial charge in [0.1, 0.15) is 0 Å². The Labute approximate surface area is 85.5 Å². The van der Waals surface area contributed by atoms with Crippen molar-refractivity contribution >= 4 is 10.2 Å². The SMILES string of the molecule is CN(C)S(=O)(=O)N1CCC(CCO)C1. The predicted molar refractivity (Wildman–Crippen MR) is 54.0 cm³/mol. The standard InChI is InChI=1S/C8H18N2O3S/c1-9(2)14(12,13)10-5-3-8(7-10)4-6-11/h8,11H,3-7H2,1-2H3. The van der Waals surface area contributed by atoms with Crippen LogP contribution in [0.15, 0.2) is 0 Å². The van der Waals surface area contributed by atoms with Crippen LogP contribution in [-0.4, -0.2) is 55.9 Å². The van der Waals surface area contributed by atoms with Crippen LogP contribution in [-0.2, 0) is 10.2 Å². The fourth-order valence-electron chi connectivity index (χ4n) is 1.66. The lowest BCUT2D eigenvalue weighted by Gasteiger charge is -2.20. The summed E-state index contributed by atoms with van der Waals surface area (Å²) in [5, 5.41) is 8.75. The molecule has 1 N–H and O–H groups in total. The van der Waals surface area contributed by atoms with E-state index in [1.165, 1.54) is 22.7 Å². The van der Waals surface area contributed by atoms with Gasteiger partial charge < -0.3 is 5.11 Å². The van der Waals surface area contributed by atoms with E-state index in [1.54, 1.807) is 0 Å². The average Bonchev–Trinajstić information content (AvgIpc) is 2.53. The third kappa shape index (κ3) is 2.44. The molecule has 0 aliphatic carbocycles. The second-order valence-electron chi connectivity index (χ2n) is 3.82. The first kappa shape index (κ1) is 11.9. The van der Waals surface area contributed by atoms with E-state index in [9.17, 15) is 8.42 Å². The molecule has 0 amide bonds. The van der Waals surface area contributed by atoms with Crippen molar-refractivity contribution in [3.8, 4) is 0 Å². The molecule has 1 fully saturated rings. The molecule has 0 aromatic carbocycles. The molecular weight excluding hydrogens is 204 g/mol. The number of rotatable bonds is 4. The molecule has 0 radical (unpaired) electrons. The molecule has 0 spiro atoms. The van der Waals surface area contributed by atoms with Crippen LogP contribution in [0.4, 0.5) is 0 Å². The van der Waals surface area contributed by atoms with E-state index in [-0.39, 0.29) is 6.61 Å². The maximum Gasteiger partial charge on any atom is 0.281 e. The average molecular weight is 222 g/mol. The van der Waals surface area contributed by atoms with Crippen LogP contribution in [0.1, 0.15) is 12.8 Å². The molecular formula is C8H18N2O3S. The zero-order valence-electron chi connectivity index (χ0n) is 8.68. The molecule has 0 bridgehead atoms. The molecule has 84 valence electrons. The minimum Gasteiger partial charge on any atom is -0.396 e. The Morgan fingerprint density at radius 2 is 2.14 bits per heavy atom. The summed E-state index contributed by atoms with van der Waals surface area (Å²) in [5.41, 5.74) is 0. The van der Waals surface area contributed by atoms with Gasteiger partial charge in [0.2, 0.25) is 0 Å². The molecule has 0 aromatic heterocycles. The quantitative estimate of drug-likeness (QED) is 0.697. The van der Waals surface area contributed by atoms with Gasteiger partial charge in [0, 0.05) is 33.8 Å². The predicted octanol–water partition coefficient (Wildman–Crippen LogP) is -0.503. The highest BCUT2D eigenvalue weighted by atomic mass is 32.2. The lowest BCUT2D eigenvalue weighted by Crippen LogP contribution is -2.38. The molecule has 1 unspecified atom stereocenters. The molecule has 1 aliphatic rings. The van der Waals surface area contributed by atoms with Crippen LogP contribution < -0.4 is 0 Å². The van der Waals surface area contributed by atoms with Crippen LogP contribution in [0.3, 0.4) is 0 Å². The largest absolute Gasteiger partial charge is 0.396 e. The Morgan fingerprint density at radius 3 is 2.64 bits per heavy atom. The summed E-state index contributed by atoms with van der Waals surface area (Å²) >= 11 is 0. The maximum atomic E-state index is 11.7. The van der Waals surface area contributed by atoms with E-state index in [2.05, 4.69) is 0 Å². The van der Waals surface area contributed by atoms with Crippen molar-refractivity contribution in [1.82, 2.24) is 8.61 Å². The summed E-state index contributed by atoms with van der Waals surface area (Å²) in [5.74, 6) is 0.315. The fourth-order valence-corrected chi connectivity index (χ4v) is 2.85. The van der Waals surface area contributed by atoms with Gasteiger partial charge in [-0.25, -0.2) is 0 Å². The smallest absolute Gasteiger partial charge is 0.281 e. The summed E-state index contributed by atoms with van der Waals surface area (Å²) < 4.78 is 26.1. The van der Waals surface area contributed by atoms with Crippen LogP contribution in [0.5, 0.6) is 0 Å². The third-order valence-electron chi connectivity index (χ3n) is 2.57. The zero-order valence-corrected chi connectivity index (χ0v) is 9.50. The van der Waals surface area contributed by atoms with Gasteiger partial charge in [-0.15, -0.1) is 0 Å². The lowest BCUT2D eigenvalue weighted by molar-refractivity contribution is 0.259. The Morgan fingerprint density at radius 1 is 1.50 bits per heavy atom. The number of aliphatic hydroxyl groups is 1. The summed E-state index contributed by atoms with van der Waals surface area (Å²) in [6.45, 7) is 1.26. The first-order valence-electron chi connectivity index (χ1n) is 4.77. The molecule has 0 saturated carbocycles. The van der Waals surface area contributed by atoms with Crippen molar-refractivity contribution in [2.45, 2.75) is 12.8 Å². The van der Waals surface area contributed by atoms with E-state index in [0.29, 0.717) is 25.4 Å². The number of hydrogen-bond donors (Lipinski definition) is 1. The van der Waals surface area contributed by atoms with Crippen LogP contribution in [0.2, 0.25) is 0 Å². The molecule has 1 rings (SSSR count). The molecule has 1 atom stereocenters. The first-order chi connectivity index (χ1) is 6.48. The molecule has 0 aromatic rings. The molecule has 14 heavy (non-hydrogen) atoms. The summed E-state index contributed by atoms with van der Waals surface area (Å²) in [7, 11) is -0.170. The van der Waals surface area contributed by atoms with E-state index >= 15 is 0 Å². The summed E-state index contributed by atoms with van der Waals surface area (Å²) in [6, 6.07) is 0. The minimum atomic E-state index is -3.24. The zero-order chi connectivity index (χ0) is 10.8. The van der Waals surface area contributed by atoms with Gasteiger partial charge in [0.05, 0.1) is 0 Å². The van der Waals surface area contributed by atoms with Gasteiger partial charge >= 0.3 is 0 Å². The molecule has 1 saturated heterocycles. The van der Waals surface area contributed by atoms with E-state index < -0.39 is 10.2 Å². The minimum absolute atomic E-state index is 0.139. The van der Waals surface area contributed by atoms with E-state index in [1.807, 2.05) is 0 Å². The highest BCUT2D eigenvalue weighted by Gasteiger charge is 2.32. The molecule has 5 nitrogen and oxygen atoms in total. The second kappa shape index (κ2) is 4.57. The highest BCUT2D eigenvalue weighted by molar-refractivity contribution is 7.86. The highest BCUT2D eigenvalue weighted by Crippen LogP contribution is 2.22.